The summed E-state index contributed by atoms with van der Waals surface area (Å²) in [4.78, 5) is 12.4. The number of amides is 1. The van der Waals surface area contributed by atoms with Crippen LogP contribution in [0.5, 0.6) is 5.75 Å². The Morgan fingerprint density at radius 2 is 2.00 bits per heavy atom. The molecule has 0 spiro atoms. The predicted molar refractivity (Wildman–Crippen MR) is 94.2 cm³/mol. The molecule has 1 N–H and O–H groups in total. The zero-order valence-corrected chi connectivity index (χ0v) is 14.1. The summed E-state index contributed by atoms with van der Waals surface area (Å²) in [6, 6.07) is 15.4. The molecule has 3 rings (SSSR count). The lowest BCUT2D eigenvalue weighted by atomic mass is 10.1. The van der Waals surface area contributed by atoms with E-state index in [4.69, 9.17) is 9.15 Å². The molecular formula is C20H21NO3. The van der Waals surface area contributed by atoms with Gasteiger partial charge in [0.25, 0.3) is 0 Å². The summed E-state index contributed by atoms with van der Waals surface area (Å²) in [5, 5.41) is 4.02. The predicted octanol–water partition coefficient (Wildman–Crippen LogP) is 4.17. The number of aryl methyl sites for hydroxylation is 1. The smallest absolute Gasteiger partial charge is 0.225 e. The Bertz CT molecular complexity index is 833. The van der Waals surface area contributed by atoms with Crippen molar-refractivity contribution in [2.75, 3.05) is 7.11 Å². The lowest BCUT2D eigenvalue weighted by Crippen LogP contribution is -2.28. The molecule has 0 saturated carbocycles. The number of rotatable bonds is 5. The van der Waals surface area contributed by atoms with Gasteiger partial charge in [0.1, 0.15) is 17.1 Å². The highest BCUT2D eigenvalue weighted by atomic mass is 16.5. The first-order valence-corrected chi connectivity index (χ1v) is 7.98. The number of benzene rings is 2. The van der Waals surface area contributed by atoms with E-state index in [1.165, 1.54) is 0 Å². The lowest BCUT2D eigenvalue weighted by molar-refractivity contribution is -0.121. The van der Waals surface area contributed by atoms with Crippen molar-refractivity contribution in [2.24, 2.45) is 0 Å². The summed E-state index contributed by atoms with van der Waals surface area (Å²) in [6.45, 7) is 3.92. The maximum atomic E-state index is 12.4. The molecular weight excluding hydrogens is 302 g/mol. The number of carbonyl (C=O) groups is 1. The Labute approximate surface area is 141 Å². The van der Waals surface area contributed by atoms with Crippen LogP contribution in [0.3, 0.4) is 0 Å². The molecule has 0 fully saturated rings. The second kappa shape index (κ2) is 6.79. The molecule has 0 aliphatic carbocycles. The summed E-state index contributed by atoms with van der Waals surface area (Å²) >= 11 is 0. The van der Waals surface area contributed by atoms with E-state index in [-0.39, 0.29) is 18.4 Å². The van der Waals surface area contributed by atoms with Gasteiger partial charge in [0.2, 0.25) is 5.91 Å². The molecule has 0 radical (unpaired) electrons. The Morgan fingerprint density at radius 1 is 1.21 bits per heavy atom. The fraction of sp³-hybridized carbons (Fsp3) is 0.250. The van der Waals surface area contributed by atoms with Crippen LogP contribution in [-0.4, -0.2) is 13.0 Å². The van der Waals surface area contributed by atoms with Crippen molar-refractivity contribution >= 4 is 16.9 Å². The number of ether oxygens (including phenoxy) is 1. The third kappa shape index (κ3) is 3.43. The Balaban J connectivity index is 1.71. The highest BCUT2D eigenvalue weighted by Crippen LogP contribution is 2.24. The third-order valence-electron chi connectivity index (χ3n) is 4.04. The summed E-state index contributed by atoms with van der Waals surface area (Å²) in [5.74, 6) is 1.42. The van der Waals surface area contributed by atoms with Crippen LogP contribution in [-0.2, 0) is 11.2 Å². The lowest BCUT2D eigenvalue weighted by Gasteiger charge is -2.13. The van der Waals surface area contributed by atoms with Crippen molar-refractivity contribution in [3.05, 3.63) is 65.4 Å². The van der Waals surface area contributed by atoms with Crippen LogP contribution in [0.2, 0.25) is 0 Å². The minimum atomic E-state index is -0.194. The zero-order valence-electron chi connectivity index (χ0n) is 14.1. The van der Waals surface area contributed by atoms with Gasteiger partial charge in [-0.25, -0.2) is 0 Å². The van der Waals surface area contributed by atoms with Gasteiger partial charge in [-0.15, -0.1) is 0 Å². The van der Waals surface area contributed by atoms with E-state index in [2.05, 4.69) is 5.32 Å². The van der Waals surface area contributed by atoms with Crippen LogP contribution >= 0.6 is 0 Å². The number of fused-ring (bicyclic) bond motifs is 1. The van der Waals surface area contributed by atoms with Crippen LogP contribution in [0.15, 0.2) is 52.9 Å². The Kier molecular flexibility index (Phi) is 4.56. The monoisotopic (exact) mass is 323 g/mol. The topological polar surface area (TPSA) is 51.5 Å². The quantitative estimate of drug-likeness (QED) is 0.766. The highest BCUT2D eigenvalue weighted by Gasteiger charge is 2.16. The van der Waals surface area contributed by atoms with Crippen molar-refractivity contribution in [3.8, 4) is 5.75 Å². The molecule has 1 aromatic heterocycles. The number of carbonyl (C=O) groups excluding carboxylic acids is 1. The standard InChI is InChI=1S/C20H21NO3/c1-13-8-9-17(23-3)16(10-13)12-20(22)21-14(2)19-11-15-6-4-5-7-18(15)24-19/h4-11,14H,12H2,1-3H3,(H,21,22). The van der Waals surface area contributed by atoms with Gasteiger partial charge in [-0.2, -0.15) is 0 Å². The molecule has 2 aromatic carbocycles. The first kappa shape index (κ1) is 16.1. The Morgan fingerprint density at radius 3 is 2.75 bits per heavy atom. The minimum Gasteiger partial charge on any atom is -0.496 e. The molecule has 0 bridgehead atoms. The number of para-hydroxylation sites is 1. The van der Waals surface area contributed by atoms with Gasteiger partial charge in [-0.1, -0.05) is 35.9 Å². The van der Waals surface area contributed by atoms with Crippen molar-refractivity contribution in [3.63, 3.8) is 0 Å². The van der Waals surface area contributed by atoms with Gasteiger partial charge in [-0.3, -0.25) is 4.79 Å². The number of furan rings is 1. The molecule has 1 amide bonds. The van der Waals surface area contributed by atoms with E-state index in [0.717, 1.165) is 33.6 Å². The van der Waals surface area contributed by atoms with E-state index in [1.807, 2.05) is 62.4 Å². The molecule has 4 nitrogen and oxygen atoms in total. The zero-order chi connectivity index (χ0) is 17.1. The highest BCUT2D eigenvalue weighted by molar-refractivity contribution is 5.81. The molecule has 3 aromatic rings. The van der Waals surface area contributed by atoms with Gasteiger partial charge in [0.15, 0.2) is 0 Å². The van der Waals surface area contributed by atoms with Crippen molar-refractivity contribution < 1.29 is 13.9 Å². The van der Waals surface area contributed by atoms with Crippen molar-refractivity contribution in [2.45, 2.75) is 26.3 Å². The van der Waals surface area contributed by atoms with Gasteiger partial charge >= 0.3 is 0 Å². The van der Waals surface area contributed by atoms with Gasteiger partial charge < -0.3 is 14.5 Å². The van der Waals surface area contributed by atoms with Crippen LogP contribution < -0.4 is 10.1 Å². The average molecular weight is 323 g/mol. The first-order valence-electron chi connectivity index (χ1n) is 7.98. The molecule has 1 atom stereocenters. The molecule has 4 heteroatoms. The minimum absolute atomic E-state index is 0.0631. The number of hydrogen-bond donors (Lipinski definition) is 1. The fourth-order valence-electron chi connectivity index (χ4n) is 2.80. The molecule has 124 valence electrons. The maximum absolute atomic E-state index is 12.4. The van der Waals surface area contributed by atoms with Gasteiger partial charge in [0, 0.05) is 10.9 Å². The van der Waals surface area contributed by atoms with Gasteiger partial charge in [-0.05, 0) is 32.0 Å². The van der Waals surface area contributed by atoms with E-state index >= 15 is 0 Å². The number of methoxy groups -OCH3 is 1. The Hall–Kier alpha value is -2.75. The van der Waals surface area contributed by atoms with Gasteiger partial charge in [0.05, 0.1) is 19.6 Å². The normalized spacial score (nSPS) is 12.1. The second-order valence-electron chi connectivity index (χ2n) is 5.97. The summed E-state index contributed by atoms with van der Waals surface area (Å²) in [7, 11) is 1.61. The van der Waals surface area contributed by atoms with Crippen LogP contribution in [0.25, 0.3) is 11.0 Å². The number of nitrogens with one attached hydrogen (secondary N) is 1. The molecule has 0 aliphatic heterocycles. The fourth-order valence-corrected chi connectivity index (χ4v) is 2.80. The van der Waals surface area contributed by atoms with E-state index in [0.29, 0.717) is 0 Å². The van der Waals surface area contributed by atoms with E-state index in [1.54, 1.807) is 7.11 Å². The molecule has 0 aliphatic rings. The van der Waals surface area contributed by atoms with E-state index in [9.17, 15) is 4.79 Å². The molecule has 24 heavy (non-hydrogen) atoms. The molecule has 1 heterocycles. The number of hydrogen-bond acceptors (Lipinski definition) is 3. The van der Waals surface area contributed by atoms with Crippen molar-refractivity contribution in [1.29, 1.82) is 0 Å². The van der Waals surface area contributed by atoms with Crippen molar-refractivity contribution in [1.82, 2.24) is 5.32 Å². The summed E-state index contributed by atoms with van der Waals surface area (Å²) < 4.78 is 11.1. The molecule has 0 saturated heterocycles. The third-order valence-corrected chi connectivity index (χ3v) is 4.04. The second-order valence-corrected chi connectivity index (χ2v) is 5.97. The van der Waals surface area contributed by atoms with Crippen LogP contribution in [0.4, 0.5) is 0 Å². The largest absolute Gasteiger partial charge is 0.496 e. The summed E-state index contributed by atoms with van der Waals surface area (Å²) in [5.41, 5.74) is 2.81. The first-order chi connectivity index (χ1) is 11.6. The SMILES string of the molecule is COc1ccc(C)cc1CC(=O)NC(C)c1cc2ccccc2o1. The average Bonchev–Trinajstić information content (AvgIpc) is 2.99. The van der Waals surface area contributed by atoms with Crippen LogP contribution in [0, 0.1) is 6.92 Å². The maximum Gasteiger partial charge on any atom is 0.225 e. The molecule has 1 unspecified atom stereocenters. The van der Waals surface area contributed by atoms with Crippen LogP contribution in [0.1, 0.15) is 29.9 Å². The van der Waals surface area contributed by atoms with E-state index < -0.39 is 0 Å². The summed E-state index contributed by atoms with van der Waals surface area (Å²) in [6.07, 6.45) is 0.273.